The van der Waals surface area contributed by atoms with E-state index in [2.05, 4.69) is 0 Å². The van der Waals surface area contributed by atoms with Crippen molar-refractivity contribution < 1.29 is 9.90 Å². The fourth-order valence-corrected chi connectivity index (χ4v) is 6.33. The summed E-state index contributed by atoms with van der Waals surface area (Å²) in [4.78, 5) is 11.1. The summed E-state index contributed by atoms with van der Waals surface area (Å²) in [6.45, 7) is 0. The molecule has 4 rings (SSSR count). The molecular formula is C14H20O2. The first-order valence-electron chi connectivity index (χ1n) is 6.91. The Morgan fingerprint density at radius 2 is 2.00 bits per heavy atom. The van der Waals surface area contributed by atoms with Crippen LogP contribution < -0.4 is 0 Å². The van der Waals surface area contributed by atoms with Crippen molar-refractivity contribution in [1.29, 1.82) is 0 Å². The van der Waals surface area contributed by atoms with Crippen LogP contribution in [0.5, 0.6) is 0 Å². The zero-order valence-corrected chi connectivity index (χ0v) is 9.69. The Hall–Kier alpha value is -0.530. The second-order valence-electron chi connectivity index (χ2n) is 6.87. The lowest BCUT2D eigenvalue weighted by Crippen LogP contribution is -2.36. The second kappa shape index (κ2) is 2.83. The molecule has 4 aliphatic rings. The maximum atomic E-state index is 11.1. The summed E-state index contributed by atoms with van der Waals surface area (Å²) in [5.41, 5.74) is 0.237. The van der Waals surface area contributed by atoms with Crippen molar-refractivity contribution in [2.45, 2.75) is 44.9 Å². The van der Waals surface area contributed by atoms with E-state index >= 15 is 0 Å². The van der Waals surface area contributed by atoms with Crippen molar-refractivity contribution >= 4 is 5.97 Å². The number of rotatable bonds is 2. The molecule has 0 aromatic carbocycles. The molecule has 0 aromatic rings. The normalized spacial score (nSPS) is 56.9. The molecular weight excluding hydrogens is 200 g/mol. The van der Waals surface area contributed by atoms with E-state index in [4.69, 9.17) is 0 Å². The highest BCUT2D eigenvalue weighted by molar-refractivity contribution is 5.68. The molecule has 4 aliphatic carbocycles. The van der Waals surface area contributed by atoms with E-state index < -0.39 is 5.97 Å². The molecule has 2 heteroatoms. The van der Waals surface area contributed by atoms with Crippen LogP contribution in [0.15, 0.2) is 0 Å². The highest BCUT2D eigenvalue weighted by Crippen LogP contribution is 2.73. The number of fused-ring (bicyclic) bond motifs is 9. The number of carbonyl (C=O) groups is 1. The van der Waals surface area contributed by atoms with Crippen LogP contribution in [0.2, 0.25) is 0 Å². The topological polar surface area (TPSA) is 37.3 Å². The van der Waals surface area contributed by atoms with Gasteiger partial charge in [-0.3, -0.25) is 4.79 Å². The molecule has 0 spiro atoms. The number of carboxylic acids is 1. The highest BCUT2D eigenvalue weighted by atomic mass is 16.4. The summed E-state index contributed by atoms with van der Waals surface area (Å²) in [5.74, 6) is 3.98. The molecule has 4 saturated carbocycles. The molecule has 16 heavy (non-hydrogen) atoms. The smallest absolute Gasteiger partial charge is 0.303 e. The predicted molar refractivity (Wildman–Crippen MR) is 59.8 cm³/mol. The summed E-state index contributed by atoms with van der Waals surface area (Å²) in [7, 11) is 0. The van der Waals surface area contributed by atoms with E-state index in [1.807, 2.05) is 0 Å². The Kier molecular flexibility index (Phi) is 1.68. The molecule has 1 N–H and O–H groups in total. The highest BCUT2D eigenvalue weighted by Gasteiger charge is 2.66. The molecule has 4 bridgehead atoms. The monoisotopic (exact) mass is 220 g/mol. The first-order chi connectivity index (χ1) is 7.70. The van der Waals surface area contributed by atoms with E-state index in [1.165, 1.54) is 38.5 Å². The van der Waals surface area contributed by atoms with Gasteiger partial charge in [0, 0.05) is 0 Å². The van der Waals surface area contributed by atoms with Crippen molar-refractivity contribution in [3.63, 3.8) is 0 Å². The van der Waals surface area contributed by atoms with Crippen LogP contribution in [-0.2, 0) is 4.79 Å². The third-order valence-electron chi connectivity index (χ3n) is 6.42. The first kappa shape index (κ1) is 9.49. The Bertz CT molecular complexity index is 351. The minimum absolute atomic E-state index is 0.237. The van der Waals surface area contributed by atoms with Gasteiger partial charge in [0.15, 0.2) is 0 Å². The minimum atomic E-state index is -0.552. The van der Waals surface area contributed by atoms with Crippen LogP contribution in [0, 0.1) is 35.0 Å². The van der Waals surface area contributed by atoms with E-state index in [9.17, 15) is 9.90 Å². The number of carboxylic acid groups (broad SMARTS) is 1. The Morgan fingerprint density at radius 3 is 2.81 bits per heavy atom. The van der Waals surface area contributed by atoms with Crippen molar-refractivity contribution in [3.8, 4) is 0 Å². The predicted octanol–water partition coefficient (Wildman–Crippen LogP) is 2.92. The molecule has 4 fully saturated rings. The van der Waals surface area contributed by atoms with Gasteiger partial charge in [0.2, 0.25) is 0 Å². The van der Waals surface area contributed by atoms with Gasteiger partial charge in [-0.05, 0) is 73.5 Å². The Labute approximate surface area is 96.4 Å². The van der Waals surface area contributed by atoms with Gasteiger partial charge in [0.05, 0.1) is 6.42 Å². The Balaban J connectivity index is 1.71. The average molecular weight is 220 g/mol. The molecule has 0 aliphatic heterocycles. The van der Waals surface area contributed by atoms with Crippen LogP contribution in [0.1, 0.15) is 44.9 Å². The average Bonchev–Trinajstić information content (AvgIpc) is 2.92. The quantitative estimate of drug-likeness (QED) is 0.726. The zero-order valence-electron chi connectivity index (χ0n) is 9.69. The van der Waals surface area contributed by atoms with Gasteiger partial charge in [-0.25, -0.2) is 0 Å². The van der Waals surface area contributed by atoms with Crippen LogP contribution >= 0.6 is 0 Å². The molecule has 88 valence electrons. The van der Waals surface area contributed by atoms with E-state index in [-0.39, 0.29) is 5.41 Å². The zero-order chi connectivity index (χ0) is 10.9. The standard InChI is InChI=1S/C14H20O2/c15-11(16)7-14-4-3-10(6-14)12-8-1-2-9(5-8)13(12)14/h8-10,12-13H,1-7H2,(H,15,16). The number of hydrogen-bond donors (Lipinski definition) is 1. The van der Waals surface area contributed by atoms with Gasteiger partial charge < -0.3 is 5.11 Å². The van der Waals surface area contributed by atoms with Gasteiger partial charge in [0.25, 0.3) is 0 Å². The van der Waals surface area contributed by atoms with Gasteiger partial charge in [-0.2, -0.15) is 0 Å². The van der Waals surface area contributed by atoms with E-state index in [1.54, 1.807) is 0 Å². The fraction of sp³-hybridized carbons (Fsp3) is 0.929. The van der Waals surface area contributed by atoms with Crippen LogP contribution in [-0.4, -0.2) is 11.1 Å². The molecule has 0 radical (unpaired) electrons. The summed E-state index contributed by atoms with van der Waals surface area (Å²) < 4.78 is 0. The van der Waals surface area contributed by atoms with Crippen LogP contribution in [0.25, 0.3) is 0 Å². The maximum Gasteiger partial charge on any atom is 0.303 e. The fourth-order valence-electron chi connectivity index (χ4n) is 6.33. The van der Waals surface area contributed by atoms with Crippen molar-refractivity contribution in [2.24, 2.45) is 35.0 Å². The molecule has 2 nitrogen and oxygen atoms in total. The van der Waals surface area contributed by atoms with Gasteiger partial charge >= 0.3 is 5.97 Å². The number of hydrogen-bond acceptors (Lipinski definition) is 1. The van der Waals surface area contributed by atoms with Gasteiger partial charge in [-0.15, -0.1) is 0 Å². The van der Waals surface area contributed by atoms with Crippen molar-refractivity contribution in [1.82, 2.24) is 0 Å². The third-order valence-corrected chi connectivity index (χ3v) is 6.42. The van der Waals surface area contributed by atoms with E-state index in [0.717, 1.165) is 29.6 Å². The summed E-state index contributed by atoms with van der Waals surface area (Å²) in [6.07, 6.45) is 8.56. The second-order valence-corrected chi connectivity index (χ2v) is 6.87. The minimum Gasteiger partial charge on any atom is -0.481 e. The molecule has 6 atom stereocenters. The molecule has 0 amide bonds. The summed E-state index contributed by atoms with van der Waals surface area (Å²) >= 11 is 0. The lowest BCUT2D eigenvalue weighted by Gasteiger charge is -2.41. The number of aliphatic carboxylic acids is 1. The lowest BCUT2D eigenvalue weighted by molar-refractivity contribution is -0.141. The molecule has 6 unspecified atom stereocenters. The first-order valence-corrected chi connectivity index (χ1v) is 6.91. The molecule has 0 heterocycles. The SMILES string of the molecule is O=C(O)CC12CCC(C1)C1C3CCC(C3)C12. The van der Waals surface area contributed by atoms with Gasteiger partial charge in [-0.1, -0.05) is 0 Å². The largest absolute Gasteiger partial charge is 0.481 e. The van der Waals surface area contributed by atoms with Crippen LogP contribution in [0.4, 0.5) is 0 Å². The van der Waals surface area contributed by atoms with Crippen molar-refractivity contribution in [2.75, 3.05) is 0 Å². The Morgan fingerprint density at radius 1 is 1.19 bits per heavy atom. The lowest BCUT2D eigenvalue weighted by atomic mass is 9.63. The van der Waals surface area contributed by atoms with E-state index in [0.29, 0.717) is 6.42 Å². The maximum absolute atomic E-state index is 11.1. The summed E-state index contributed by atoms with van der Waals surface area (Å²) in [5, 5.41) is 9.18. The summed E-state index contributed by atoms with van der Waals surface area (Å²) in [6, 6.07) is 0. The molecule has 0 saturated heterocycles. The van der Waals surface area contributed by atoms with Gasteiger partial charge in [0.1, 0.15) is 0 Å². The third kappa shape index (κ3) is 0.970. The molecule has 0 aromatic heterocycles. The van der Waals surface area contributed by atoms with Crippen LogP contribution in [0.3, 0.4) is 0 Å². The van der Waals surface area contributed by atoms with Crippen molar-refractivity contribution in [3.05, 3.63) is 0 Å².